The van der Waals surface area contributed by atoms with E-state index in [1.807, 2.05) is 0 Å². The quantitative estimate of drug-likeness (QED) is 0.713. The Morgan fingerprint density at radius 3 is 2.41 bits per heavy atom. The number of amides is 2. The van der Waals surface area contributed by atoms with Crippen LogP contribution in [-0.4, -0.2) is 34.7 Å². The van der Waals surface area contributed by atoms with Gasteiger partial charge in [-0.1, -0.05) is 19.9 Å². The lowest BCUT2D eigenvalue weighted by Gasteiger charge is -2.14. The van der Waals surface area contributed by atoms with E-state index < -0.39 is 28.8 Å². The van der Waals surface area contributed by atoms with Crippen LogP contribution in [0.5, 0.6) is 0 Å². The van der Waals surface area contributed by atoms with Crippen molar-refractivity contribution in [1.82, 2.24) is 20.4 Å². The van der Waals surface area contributed by atoms with Gasteiger partial charge in [0, 0.05) is 30.8 Å². The molecule has 0 radical (unpaired) electrons. The van der Waals surface area contributed by atoms with Gasteiger partial charge in [-0.2, -0.15) is 18.3 Å². The summed E-state index contributed by atoms with van der Waals surface area (Å²) in [6.45, 7) is 5.17. The molecule has 0 saturated heterocycles. The monoisotopic (exact) mass is 410 g/mol. The van der Waals surface area contributed by atoms with Gasteiger partial charge in [-0.25, -0.2) is 4.68 Å². The molecular formula is C19H21F3N4O3. The van der Waals surface area contributed by atoms with E-state index in [1.54, 1.807) is 13.8 Å². The summed E-state index contributed by atoms with van der Waals surface area (Å²) in [5.74, 6) is -1.17. The maximum Gasteiger partial charge on any atom is 0.416 e. The van der Waals surface area contributed by atoms with Crippen LogP contribution in [0.15, 0.2) is 35.1 Å². The molecule has 1 aromatic heterocycles. The highest BCUT2D eigenvalue weighted by Gasteiger charge is 2.30. The summed E-state index contributed by atoms with van der Waals surface area (Å²) in [6, 6.07) is 5.54. The SMILES string of the molecule is Cc1cc(=O)c(C(=O)NCCNC(=O)C(C)C)nn1-c1cccc(C(F)(F)F)c1. The van der Waals surface area contributed by atoms with Crippen LogP contribution in [0.1, 0.15) is 35.6 Å². The Bertz CT molecular complexity index is 968. The van der Waals surface area contributed by atoms with Crippen LogP contribution in [0.2, 0.25) is 0 Å². The van der Waals surface area contributed by atoms with Gasteiger partial charge in [-0.15, -0.1) is 0 Å². The van der Waals surface area contributed by atoms with Gasteiger partial charge in [-0.05, 0) is 25.1 Å². The largest absolute Gasteiger partial charge is 0.416 e. The number of aromatic nitrogens is 2. The highest BCUT2D eigenvalue weighted by Crippen LogP contribution is 2.30. The summed E-state index contributed by atoms with van der Waals surface area (Å²) in [5, 5.41) is 9.01. The number of carbonyl (C=O) groups is 2. The van der Waals surface area contributed by atoms with Crippen molar-refractivity contribution in [2.75, 3.05) is 13.1 Å². The summed E-state index contributed by atoms with van der Waals surface area (Å²) in [7, 11) is 0. The Morgan fingerprint density at radius 1 is 1.14 bits per heavy atom. The first-order valence-electron chi connectivity index (χ1n) is 8.85. The molecule has 2 amide bonds. The van der Waals surface area contributed by atoms with Crippen LogP contribution >= 0.6 is 0 Å². The second kappa shape index (κ2) is 8.89. The smallest absolute Gasteiger partial charge is 0.354 e. The summed E-state index contributed by atoms with van der Waals surface area (Å²) in [5.41, 5.74) is -1.65. The first-order chi connectivity index (χ1) is 13.5. The van der Waals surface area contributed by atoms with Crippen LogP contribution in [0.4, 0.5) is 13.2 Å². The molecule has 29 heavy (non-hydrogen) atoms. The molecule has 0 aliphatic heterocycles. The molecule has 0 unspecified atom stereocenters. The summed E-state index contributed by atoms with van der Waals surface area (Å²) < 4.78 is 40.0. The van der Waals surface area contributed by atoms with E-state index in [0.717, 1.165) is 22.9 Å². The van der Waals surface area contributed by atoms with Gasteiger partial charge in [0.25, 0.3) is 5.91 Å². The van der Waals surface area contributed by atoms with Gasteiger partial charge in [0.05, 0.1) is 11.3 Å². The molecule has 0 saturated carbocycles. The number of halogens is 3. The van der Waals surface area contributed by atoms with Crippen molar-refractivity contribution in [1.29, 1.82) is 0 Å². The molecular weight excluding hydrogens is 389 g/mol. The standard InChI is InChI=1S/C19H21F3N4O3/c1-11(2)17(28)23-7-8-24-18(29)16-15(27)9-12(3)26(25-16)14-6-4-5-13(10-14)19(20,21)22/h4-6,9-11H,7-8H2,1-3H3,(H,23,28)(H,24,29). The third-order valence-electron chi connectivity index (χ3n) is 3.97. The maximum atomic E-state index is 13.0. The number of hydrogen-bond donors (Lipinski definition) is 2. The Morgan fingerprint density at radius 2 is 1.79 bits per heavy atom. The van der Waals surface area contributed by atoms with E-state index in [4.69, 9.17) is 0 Å². The van der Waals surface area contributed by atoms with Crippen LogP contribution in [0.25, 0.3) is 5.69 Å². The zero-order valence-corrected chi connectivity index (χ0v) is 16.1. The molecule has 2 rings (SSSR count). The molecule has 0 aliphatic carbocycles. The number of hydrogen-bond acceptors (Lipinski definition) is 4. The molecule has 0 fully saturated rings. The third kappa shape index (κ3) is 5.66. The summed E-state index contributed by atoms with van der Waals surface area (Å²) in [4.78, 5) is 35.9. The Balaban J connectivity index is 2.22. The van der Waals surface area contributed by atoms with Crippen LogP contribution < -0.4 is 16.1 Å². The highest BCUT2D eigenvalue weighted by molar-refractivity contribution is 5.92. The topological polar surface area (TPSA) is 93.1 Å². The Hall–Kier alpha value is -3.17. The van der Waals surface area contributed by atoms with Crippen molar-refractivity contribution >= 4 is 11.8 Å². The lowest BCUT2D eigenvalue weighted by molar-refractivity contribution is -0.137. The van der Waals surface area contributed by atoms with Crippen molar-refractivity contribution in [3.63, 3.8) is 0 Å². The molecule has 0 spiro atoms. The second-order valence-corrected chi connectivity index (χ2v) is 6.66. The molecule has 2 aromatic rings. The van der Waals surface area contributed by atoms with Crippen LogP contribution in [0.3, 0.4) is 0 Å². The zero-order valence-electron chi connectivity index (χ0n) is 16.1. The highest BCUT2D eigenvalue weighted by atomic mass is 19.4. The van der Waals surface area contributed by atoms with E-state index in [-0.39, 0.29) is 36.3 Å². The molecule has 1 heterocycles. The first-order valence-corrected chi connectivity index (χ1v) is 8.85. The fourth-order valence-electron chi connectivity index (χ4n) is 2.43. The lowest BCUT2D eigenvalue weighted by Crippen LogP contribution is -2.38. The average Bonchev–Trinajstić information content (AvgIpc) is 2.64. The predicted molar refractivity (Wildman–Crippen MR) is 99.8 cm³/mol. The second-order valence-electron chi connectivity index (χ2n) is 6.66. The molecule has 0 aliphatic rings. The van der Waals surface area contributed by atoms with E-state index in [9.17, 15) is 27.6 Å². The van der Waals surface area contributed by atoms with Crippen molar-refractivity contribution in [3.05, 3.63) is 57.5 Å². The average molecular weight is 410 g/mol. The number of carbonyl (C=O) groups excluding carboxylic acids is 2. The minimum absolute atomic E-state index is 0.0653. The van der Waals surface area contributed by atoms with Gasteiger partial charge in [0.1, 0.15) is 0 Å². The van der Waals surface area contributed by atoms with Crippen molar-refractivity contribution in [2.45, 2.75) is 26.9 Å². The number of nitrogens with one attached hydrogen (secondary N) is 2. The molecule has 0 atom stereocenters. The summed E-state index contributed by atoms with van der Waals surface area (Å²) in [6.07, 6.45) is -4.54. The van der Waals surface area contributed by atoms with Crippen LogP contribution in [0, 0.1) is 12.8 Å². The van der Waals surface area contributed by atoms with E-state index in [1.165, 1.54) is 19.1 Å². The van der Waals surface area contributed by atoms with Crippen molar-refractivity contribution in [3.8, 4) is 5.69 Å². The fraction of sp³-hybridized carbons (Fsp3) is 0.368. The Kier molecular flexibility index (Phi) is 6.78. The fourth-order valence-corrected chi connectivity index (χ4v) is 2.43. The zero-order chi connectivity index (χ0) is 21.8. The minimum atomic E-state index is -4.54. The molecule has 10 heteroatoms. The van der Waals surface area contributed by atoms with Crippen LogP contribution in [-0.2, 0) is 11.0 Å². The van der Waals surface area contributed by atoms with Gasteiger partial charge >= 0.3 is 6.18 Å². The summed E-state index contributed by atoms with van der Waals surface area (Å²) >= 11 is 0. The minimum Gasteiger partial charge on any atom is -0.354 e. The van der Waals surface area contributed by atoms with Gasteiger partial charge in [0.2, 0.25) is 11.3 Å². The molecule has 2 N–H and O–H groups in total. The van der Waals surface area contributed by atoms with E-state index >= 15 is 0 Å². The Labute approximate surface area is 164 Å². The maximum absolute atomic E-state index is 13.0. The number of rotatable bonds is 6. The lowest BCUT2D eigenvalue weighted by atomic mass is 10.2. The van der Waals surface area contributed by atoms with Gasteiger partial charge in [0.15, 0.2) is 5.69 Å². The number of nitrogens with zero attached hydrogens (tertiary/aromatic N) is 2. The number of alkyl halides is 3. The van der Waals surface area contributed by atoms with Crippen molar-refractivity contribution < 1.29 is 22.8 Å². The van der Waals surface area contributed by atoms with Gasteiger partial charge in [-0.3, -0.25) is 14.4 Å². The third-order valence-corrected chi connectivity index (χ3v) is 3.97. The van der Waals surface area contributed by atoms with Crippen molar-refractivity contribution in [2.24, 2.45) is 5.92 Å². The van der Waals surface area contributed by atoms with E-state index in [2.05, 4.69) is 15.7 Å². The molecule has 0 bridgehead atoms. The van der Waals surface area contributed by atoms with Gasteiger partial charge < -0.3 is 10.6 Å². The molecule has 1 aromatic carbocycles. The van der Waals surface area contributed by atoms with E-state index in [0.29, 0.717) is 0 Å². The number of benzene rings is 1. The normalized spacial score (nSPS) is 11.4. The first kappa shape index (κ1) is 22.1. The predicted octanol–water partition coefficient (Wildman–Crippen LogP) is 2.06. The molecule has 7 nitrogen and oxygen atoms in total. The number of aryl methyl sites for hydroxylation is 1. The molecule has 156 valence electrons.